The van der Waals surface area contributed by atoms with Gasteiger partial charge in [-0.3, -0.25) is 9.52 Å². The van der Waals surface area contributed by atoms with Gasteiger partial charge in [0.1, 0.15) is 0 Å². The summed E-state index contributed by atoms with van der Waals surface area (Å²) >= 11 is 0. The Labute approximate surface area is 149 Å². The van der Waals surface area contributed by atoms with E-state index < -0.39 is 15.6 Å². The average molecular weight is 360 g/mol. The summed E-state index contributed by atoms with van der Waals surface area (Å²) in [7, 11) is -3.78. The van der Waals surface area contributed by atoms with Gasteiger partial charge in [-0.25, -0.2) is 8.42 Å². The van der Waals surface area contributed by atoms with E-state index in [4.69, 9.17) is 0 Å². The van der Waals surface area contributed by atoms with E-state index in [9.17, 15) is 13.2 Å². The van der Waals surface area contributed by atoms with E-state index in [-0.39, 0.29) is 10.8 Å². The van der Waals surface area contributed by atoms with Crippen molar-refractivity contribution in [3.63, 3.8) is 0 Å². The molecule has 0 aliphatic rings. The van der Waals surface area contributed by atoms with E-state index in [1.807, 2.05) is 46.8 Å². The van der Waals surface area contributed by atoms with Crippen LogP contribution < -0.4 is 10.0 Å². The average Bonchev–Trinajstić information content (AvgIpc) is 2.48. The second-order valence-corrected chi connectivity index (χ2v) is 8.84. The van der Waals surface area contributed by atoms with E-state index in [2.05, 4.69) is 10.0 Å². The Morgan fingerprint density at radius 1 is 1.00 bits per heavy atom. The predicted molar refractivity (Wildman–Crippen MR) is 100 cm³/mol. The lowest BCUT2D eigenvalue weighted by atomic mass is 10.1. The van der Waals surface area contributed by atoms with Gasteiger partial charge in [0.2, 0.25) is 0 Å². The van der Waals surface area contributed by atoms with Gasteiger partial charge < -0.3 is 5.32 Å². The van der Waals surface area contributed by atoms with Gasteiger partial charge in [0.25, 0.3) is 15.9 Å². The highest BCUT2D eigenvalue weighted by molar-refractivity contribution is 7.92. The monoisotopic (exact) mass is 360 g/mol. The van der Waals surface area contributed by atoms with Gasteiger partial charge in [-0.05, 0) is 64.4 Å². The fraction of sp³-hybridized carbons (Fsp3) is 0.316. The second-order valence-electron chi connectivity index (χ2n) is 7.16. The van der Waals surface area contributed by atoms with Crippen molar-refractivity contribution in [2.75, 3.05) is 4.72 Å². The molecule has 0 bridgehead atoms. The minimum absolute atomic E-state index is 0.0500. The molecule has 0 aliphatic heterocycles. The topological polar surface area (TPSA) is 75.3 Å². The van der Waals surface area contributed by atoms with Crippen molar-refractivity contribution in [1.82, 2.24) is 5.32 Å². The molecule has 0 aliphatic carbocycles. The Hall–Kier alpha value is -2.34. The highest BCUT2D eigenvalue weighted by Gasteiger charge is 2.19. The fourth-order valence-electron chi connectivity index (χ4n) is 2.35. The summed E-state index contributed by atoms with van der Waals surface area (Å²) in [5.41, 5.74) is 2.32. The van der Waals surface area contributed by atoms with Crippen LogP contribution in [0.3, 0.4) is 0 Å². The predicted octanol–water partition coefficient (Wildman–Crippen LogP) is 3.63. The highest BCUT2D eigenvalue weighted by atomic mass is 32.2. The van der Waals surface area contributed by atoms with Gasteiger partial charge >= 0.3 is 0 Å². The molecule has 2 N–H and O–H groups in total. The van der Waals surface area contributed by atoms with Crippen LogP contribution in [0.2, 0.25) is 0 Å². The second kappa shape index (κ2) is 6.88. The van der Waals surface area contributed by atoms with Gasteiger partial charge in [-0.2, -0.15) is 0 Å². The normalized spacial score (nSPS) is 11.9. The molecule has 6 heteroatoms. The number of sulfonamides is 1. The van der Waals surface area contributed by atoms with Gasteiger partial charge in [-0.15, -0.1) is 0 Å². The number of hydrogen-bond donors (Lipinski definition) is 2. The van der Waals surface area contributed by atoms with Gasteiger partial charge in [0.15, 0.2) is 0 Å². The molecule has 2 aromatic rings. The summed E-state index contributed by atoms with van der Waals surface area (Å²) in [5, 5.41) is 2.82. The van der Waals surface area contributed by atoms with Gasteiger partial charge in [0.05, 0.1) is 10.6 Å². The van der Waals surface area contributed by atoms with Crippen LogP contribution in [0.5, 0.6) is 0 Å². The van der Waals surface area contributed by atoms with Crippen LogP contribution in [-0.4, -0.2) is 19.9 Å². The first-order valence-electron chi connectivity index (χ1n) is 8.01. The molecule has 0 radical (unpaired) electrons. The van der Waals surface area contributed by atoms with Crippen molar-refractivity contribution in [3.8, 4) is 0 Å². The number of carbonyl (C=O) groups excluding carboxylic acids is 1. The molecule has 134 valence electrons. The van der Waals surface area contributed by atoms with Crippen molar-refractivity contribution >= 4 is 21.6 Å². The molecule has 5 nitrogen and oxygen atoms in total. The number of benzene rings is 2. The first-order chi connectivity index (χ1) is 11.5. The van der Waals surface area contributed by atoms with E-state index >= 15 is 0 Å². The number of nitrogens with one attached hydrogen (secondary N) is 2. The molecule has 1 amide bonds. The lowest BCUT2D eigenvalue weighted by molar-refractivity contribution is 0.0919. The molecule has 0 saturated carbocycles. The quantitative estimate of drug-likeness (QED) is 0.874. The van der Waals surface area contributed by atoms with Crippen LogP contribution in [0.4, 0.5) is 5.69 Å². The first-order valence-corrected chi connectivity index (χ1v) is 9.49. The summed E-state index contributed by atoms with van der Waals surface area (Å²) < 4.78 is 27.9. The molecule has 0 saturated heterocycles. The van der Waals surface area contributed by atoms with Crippen molar-refractivity contribution < 1.29 is 13.2 Å². The smallest absolute Gasteiger partial charge is 0.261 e. The van der Waals surface area contributed by atoms with Crippen LogP contribution in [0, 0.1) is 13.8 Å². The molecule has 0 spiro atoms. The number of aryl methyl sites for hydroxylation is 2. The molecule has 2 aromatic carbocycles. The molecule has 0 unspecified atom stereocenters. The van der Waals surface area contributed by atoms with E-state index in [0.717, 1.165) is 11.1 Å². The van der Waals surface area contributed by atoms with E-state index in [0.29, 0.717) is 11.3 Å². The fourth-order valence-corrected chi connectivity index (χ4v) is 3.53. The molecule has 0 atom stereocenters. The summed E-state index contributed by atoms with van der Waals surface area (Å²) in [6.07, 6.45) is 0. The zero-order chi connectivity index (χ0) is 18.8. The summed E-state index contributed by atoms with van der Waals surface area (Å²) in [6, 6.07) is 11.5. The van der Waals surface area contributed by atoms with E-state index in [1.165, 1.54) is 12.1 Å². The molecular formula is C19H24N2O3S. The minimum atomic E-state index is -3.78. The lowest BCUT2D eigenvalue weighted by Gasteiger charge is -2.20. The summed E-state index contributed by atoms with van der Waals surface area (Å²) in [4.78, 5) is 12.3. The standard InChI is InChI=1S/C19H24N2O3S/c1-13-9-10-17(14(2)11-13)21-25(23,24)16-8-6-7-15(12-16)18(22)20-19(3,4)5/h6-12,21H,1-5H3,(H,20,22). The van der Waals surface area contributed by atoms with Crippen LogP contribution >= 0.6 is 0 Å². The molecular weight excluding hydrogens is 336 g/mol. The third kappa shape index (κ3) is 5.06. The largest absolute Gasteiger partial charge is 0.347 e. The minimum Gasteiger partial charge on any atom is -0.347 e. The maximum atomic E-state index is 12.7. The van der Waals surface area contributed by atoms with Crippen molar-refractivity contribution in [2.45, 2.75) is 45.1 Å². The number of anilines is 1. The molecule has 0 aromatic heterocycles. The molecule has 0 fully saturated rings. The Morgan fingerprint density at radius 3 is 2.28 bits per heavy atom. The zero-order valence-corrected chi connectivity index (χ0v) is 16.0. The summed E-state index contributed by atoms with van der Waals surface area (Å²) in [6.45, 7) is 9.40. The van der Waals surface area contributed by atoms with Crippen molar-refractivity contribution in [1.29, 1.82) is 0 Å². The number of carbonyl (C=O) groups is 1. The SMILES string of the molecule is Cc1ccc(NS(=O)(=O)c2cccc(C(=O)NC(C)(C)C)c2)c(C)c1. The van der Waals surface area contributed by atoms with Crippen LogP contribution in [0.15, 0.2) is 47.4 Å². The maximum Gasteiger partial charge on any atom is 0.261 e. The molecule has 25 heavy (non-hydrogen) atoms. The number of amides is 1. The van der Waals surface area contributed by atoms with Gasteiger partial charge in [-0.1, -0.05) is 23.8 Å². The summed E-state index contributed by atoms with van der Waals surface area (Å²) in [5.74, 6) is -0.309. The van der Waals surface area contributed by atoms with Crippen LogP contribution in [0.25, 0.3) is 0 Å². The molecule has 0 heterocycles. The third-order valence-corrected chi connectivity index (χ3v) is 4.88. The Morgan fingerprint density at radius 2 is 1.68 bits per heavy atom. The van der Waals surface area contributed by atoms with Crippen molar-refractivity contribution in [2.24, 2.45) is 0 Å². The zero-order valence-electron chi connectivity index (χ0n) is 15.2. The Balaban J connectivity index is 2.31. The van der Waals surface area contributed by atoms with Crippen LogP contribution in [-0.2, 0) is 10.0 Å². The Bertz CT molecular complexity index is 897. The lowest BCUT2D eigenvalue weighted by Crippen LogP contribution is -2.40. The van der Waals surface area contributed by atoms with Crippen LogP contribution in [0.1, 0.15) is 42.3 Å². The van der Waals surface area contributed by atoms with Gasteiger partial charge in [0, 0.05) is 11.1 Å². The van der Waals surface area contributed by atoms with E-state index in [1.54, 1.807) is 18.2 Å². The molecule has 2 rings (SSSR count). The van der Waals surface area contributed by atoms with Crippen molar-refractivity contribution in [3.05, 3.63) is 59.2 Å². The number of rotatable bonds is 4. The third-order valence-electron chi connectivity index (χ3n) is 3.52. The first kappa shape index (κ1) is 19.0. The Kier molecular flexibility index (Phi) is 5.23. The maximum absolute atomic E-state index is 12.7. The highest BCUT2D eigenvalue weighted by Crippen LogP contribution is 2.21. The number of hydrogen-bond acceptors (Lipinski definition) is 3.